The number of ether oxygens (including phenoxy) is 1. The number of benzene rings is 1. The largest absolute Gasteiger partial charge is 0.459 e. The minimum atomic E-state index is -0.461. The third kappa shape index (κ3) is 3.41. The Balaban J connectivity index is 1.99. The van der Waals surface area contributed by atoms with Crippen LogP contribution in [0.2, 0.25) is 0 Å². The zero-order valence-electron chi connectivity index (χ0n) is 11.7. The Bertz CT molecular complexity index is 685. The maximum atomic E-state index is 13.3. The molecule has 0 aliphatic rings. The Morgan fingerprint density at radius 2 is 2.19 bits per heavy atom. The Morgan fingerprint density at radius 3 is 2.81 bits per heavy atom. The smallest absolute Gasteiger partial charge is 0.328 e. The van der Waals surface area contributed by atoms with Crippen LogP contribution in [0.15, 0.2) is 22.7 Å². The topological polar surface area (TPSA) is 70.1 Å². The van der Waals surface area contributed by atoms with Crippen molar-refractivity contribution in [1.82, 2.24) is 9.78 Å². The van der Waals surface area contributed by atoms with Crippen molar-refractivity contribution in [3.05, 3.63) is 45.4 Å². The molecule has 0 amide bonds. The van der Waals surface area contributed by atoms with E-state index in [1.54, 1.807) is 26.0 Å². The number of nitrogen functional groups attached to an aromatic ring is 1. The molecule has 0 saturated heterocycles. The first kappa shape index (κ1) is 15.5. The average molecular weight is 356 g/mol. The molecule has 112 valence electrons. The van der Waals surface area contributed by atoms with Gasteiger partial charge in [0, 0.05) is 5.56 Å². The molecule has 0 bridgehead atoms. The van der Waals surface area contributed by atoms with Gasteiger partial charge in [-0.25, -0.2) is 4.39 Å². The molecule has 1 aromatic carbocycles. The highest BCUT2D eigenvalue weighted by molar-refractivity contribution is 9.10. The molecule has 2 N–H and O–H groups in total. The lowest BCUT2D eigenvalue weighted by molar-refractivity contribution is -0.145. The zero-order valence-corrected chi connectivity index (χ0v) is 13.3. The SMILES string of the molecule is Cc1nn(CC(=O)OCc2cccc(F)c2Br)c(C)c1N. The standard InChI is InChI=1S/C14H15BrFN3O2/c1-8-14(17)9(2)19(18-8)6-12(20)21-7-10-4-3-5-11(16)13(10)15/h3-5H,6-7,17H2,1-2H3. The van der Waals surface area contributed by atoms with Crippen molar-refractivity contribution in [2.24, 2.45) is 0 Å². The first-order chi connectivity index (χ1) is 9.90. The van der Waals surface area contributed by atoms with Crippen LogP contribution < -0.4 is 5.73 Å². The minimum Gasteiger partial charge on any atom is -0.459 e. The van der Waals surface area contributed by atoms with Gasteiger partial charge in [-0.2, -0.15) is 5.10 Å². The molecule has 2 aromatic rings. The van der Waals surface area contributed by atoms with Crippen LogP contribution in [0, 0.1) is 19.7 Å². The summed E-state index contributed by atoms with van der Waals surface area (Å²) in [5.41, 5.74) is 8.32. The predicted molar refractivity (Wildman–Crippen MR) is 80.0 cm³/mol. The minimum absolute atomic E-state index is 0.00798. The summed E-state index contributed by atoms with van der Waals surface area (Å²) in [6.45, 7) is 3.52. The van der Waals surface area contributed by atoms with Crippen molar-refractivity contribution in [1.29, 1.82) is 0 Å². The summed E-state index contributed by atoms with van der Waals surface area (Å²) in [6.07, 6.45) is 0. The number of hydrogen-bond donors (Lipinski definition) is 1. The van der Waals surface area contributed by atoms with Crippen LogP contribution in [-0.2, 0) is 22.7 Å². The van der Waals surface area contributed by atoms with Crippen molar-refractivity contribution in [2.45, 2.75) is 27.0 Å². The van der Waals surface area contributed by atoms with Crippen LogP contribution >= 0.6 is 15.9 Å². The van der Waals surface area contributed by atoms with E-state index in [1.165, 1.54) is 10.7 Å². The fourth-order valence-corrected chi connectivity index (χ4v) is 2.23. The van der Waals surface area contributed by atoms with E-state index in [-0.39, 0.29) is 13.2 Å². The summed E-state index contributed by atoms with van der Waals surface area (Å²) in [4.78, 5) is 11.8. The molecule has 0 atom stereocenters. The quantitative estimate of drug-likeness (QED) is 0.856. The van der Waals surface area contributed by atoms with Crippen molar-refractivity contribution < 1.29 is 13.9 Å². The van der Waals surface area contributed by atoms with E-state index in [0.717, 1.165) is 5.69 Å². The molecular formula is C14H15BrFN3O2. The molecule has 5 nitrogen and oxygen atoms in total. The van der Waals surface area contributed by atoms with Crippen molar-refractivity contribution in [2.75, 3.05) is 5.73 Å². The van der Waals surface area contributed by atoms with Gasteiger partial charge in [-0.3, -0.25) is 9.48 Å². The van der Waals surface area contributed by atoms with Gasteiger partial charge in [0.25, 0.3) is 0 Å². The van der Waals surface area contributed by atoms with Crippen LogP contribution in [0.5, 0.6) is 0 Å². The van der Waals surface area contributed by atoms with Crippen molar-refractivity contribution in [3.8, 4) is 0 Å². The number of anilines is 1. The first-order valence-corrected chi connectivity index (χ1v) is 7.07. The van der Waals surface area contributed by atoms with Gasteiger partial charge in [-0.05, 0) is 35.8 Å². The number of carbonyl (C=O) groups is 1. The van der Waals surface area contributed by atoms with E-state index in [4.69, 9.17) is 10.5 Å². The first-order valence-electron chi connectivity index (χ1n) is 6.28. The van der Waals surface area contributed by atoms with Gasteiger partial charge < -0.3 is 10.5 Å². The van der Waals surface area contributed by atoms with Gasteiger partial charge in [-0.1, -0.05) is 12.1 Å². The second-order valence-electron chi connectivity index (χ2n) is 4.62. The summed E-state index contributed by atoms with van der Waals surface area (Å²) < 4.78 is 20.3. The predicted octanol–water partition coefficient (Wildman–Crippen LogP) is 2.73. The number of nitrogens with zero attached hydrogens (tertiary/aromatic N) is 2. The van der Waals surface area contributed by atoms with Crippen LogP contribution in [0.1, 0.15) is 17.0 Å². The lowest BCUT2D eigenvalue weighted by Crippen LogP contribution is -2.16. The molecule has 0 unspecified atom stereocenters. The third-order valence-electron chi connectivity index (χ3n) is 3.14. The van der Waals surface area contributed by atoms with Gasteiger partial charge in [0.1, 0.15) is 19.0 Å². The van der Waals surface area contributed by atoms with Gasteiger partial charge in [-0.15, -0.1) is 0 Å². The van der Waals surface area contributed by atoms with Crippen LogP contribution in [0.3, 0.4) is 0 Å². The molecule has 1 aromatic heterocycles. The van der Waals surface area contributed by atoms with Gasteiger partial charge in [0.2, 0.25) is 0 Å². The van der Waals surface area contributed by atoms with E-state index >= 15 is 0 Å². The van der Waals surface area contributed by atoms with Gasteiger partial charge in [0.05, 0.1) is 21.5 Å². The number of aryl methyl sites for hydroxylation is 1. The Hall–Kier alpha value is -1.89. The highest BCUT2D eigenvalue weighted by Gasteiger charge is 2.13. The highest BCUT2D eigenvalue weighted by atomic mass is 79.9. The molecule has 0 aliphatic heterocycles. The zero-order chi connectivity index (χ0) is 15.6. The van der Waals surface area contributed by atoms with E-state index in [9.17, 15) is 9.18 Å². The van der Waals surface area contributed by atoms with Crippen molar-refractivity contribution >= 4 is 27.6 Å². The Kier molecular flexibility index (Phi) is 4.62. The number of rotatable bonds is 4. The molecule has 0 saturated carbocycles. The molecule has 21 heavy (non-hydrogen) atoms. The fourth-order valence-electron chi connectivity index (χ4n) is 1.85. The lowest BCUT2D eigenvalue weighted by Gasteiger charge is -2.08. The van der Waals surface area contributed by atoms with Gasteiger partial charge in [0.15, 0.2) is 0 Å². The normalized spacial score (nSPS) is 10.7. The van der Waals surface area contributed by atoms with Crippen LogP contribution in [-0.4, -0.2) is 15.7 Å². The molecule has 7 heteroatoms. The maximum absolute atomic E-state index is 13.3. The number of aromatic nitrogens is 2. The summed E-state index contributed by atoms with van der Waals surface area (Å²) >= 11 is 3.12. The van der Waals surface area contributed by atoms with E-state index in [0.29, 0.717) is 21.4 Å². The summed E-state index contributed by atoms with van der Waals surface area (Å²) in [7, 11) is 0. The number of nitrogens with two attached hydrogens (primary N) is 1. The molecule has 0 spiro atoms. The van der Waals surface area contributed by atoms with E-state index in [1.807, 2.05) is 0 Å². The summed E-state index contributed by atoms with van der Waals surface area (Å²) in [5.74, 6) is -0.855. The molecule has 0 fully saturated rings. The number of halogens is 2. The maximum Gasteiger partial charge on any atom is 0.328 e. The summed E-state index contributed by atoms with van der Waals surface area (Å²) in [6, 6.07) is 4.57. The van der Waals surface area contributed by atoms with Crippen LogP contribution in [0.25, 0.3) is 0 Å². The molecule has 0 aliphatic carbocycles. The second kappa shape index (κ2) is 6.26. The second-order valence-corrected chi connectivity index (χ2v) is 5.41. The third-order valence-corrected chi connectivity index (χ3v) is 4.02. The highest BCUT2D eigenvalue weighted by Crippen LogP contribution is 2.21. The monoisotopic (exact) mass is 355 g/mol. The molecule has 0 radical (unpaired) electrons. The van der Waals surface area contributed by atoms with Crippen LogP contribution in [0.4, 0.5) is 10.1 Å². The molecular weight excluding hydrogens is 341 g/mol. The number of carbonyl (C=O) groups excluding carboxylic acids is 1. The summed E-state index contributed by atoms with van der Waals surface area (Å²) in [5, 5.41) is 4.16. The van der Waals surface area contributed by atoms with Crippen molar-refractivity contribution in [3.63, 3.8) is 0 Å². The fraction of sp³-hybridized carbons (Fsp3) is 0.286. The van der Waals surface area contributed by atoms with E-state index in [2.05, 4.69) is 21.0 Å². The van der Waals surface area contributed by atoms with Gasteiger partial charge >= 0.3 is 5.97 Å². The Labute approximate surface area is 130 Å². The Morgan fingerprint density at radius 1 is 1.48 bits per heavy atom. The molecule has 1 heterocycles. The number of hydrogen-bond acceptors (Lipinski definition) is 4. The van der Waals surface area contributed by atoms with E-state index < -0.39 is 11.8 Å². The lowest BCUT2D eigenvalue weighted by atomic mass is 10.2. The number of esters is 1. The average Bonchev–Trinajstić information content (AvgIpc) is 2.68. The molecule has 2 rings (SSSR count).